The Morgan fingerprint density at radius 3 is 2.46 bits per heavy atom. The highest BCUT2D eigenvalue weighted by Crippen LogP contribution is 2.19. The van der Waals surface area contributed by atoms with Gasteiger partial charge in [0.2, 0.25) is 11.8 Å². The molecule has 0 radical (unpaired) electrons. The fourth-order valence-corrected chi connectivity index (χ4v) is 3.71. The van der Waals surface area contributed by atoms with Gasteiger partial charge in [-0.2, -0.15) is 0 Å². The van der Waals surface area contributed by atoms with Crippen LogP contribution in [0.15, 0.2) is 60.7 Å². The van der Waals surface area contributed by atoms with Crippen molar-refractivity contribution in [3.05, 3.63) is 77.4 Å². The van der Waals surface area contributed by atoms with E-state index in [1.165, 1.54) is 0 Å². The van der Waals surface area contributed by atoms with Gasteiger partial charge in [0.15, 0.2) is 0 Å². The summed E-state index contributed by atoms with van der Waals surface area (Å²) in [5, 5.41) is 10.9. The second-order valence-corrected chi connectivity index (χ2v) is 8.93. The number of fused-ring (bicyclic) bond motifs is 1. The molecule has 4 rings (SSSR count). The van der Waals surface area contributed by atoms with Crippen molar-refractivity contribution in [2.45, 2.75) is 39.3 Å². The van der Waals surface area contributed by atoms with Gasteiger partial charge in [-0.15, -0.1) is 0 Å². The normalized spacial score (nSPS) is 13.6. The van der Waals surface area contributed by atoms with E-state index < -0.39 is 0 Å². The van der Waals surface area contributed by atoms with Crippen molar-refractivity contribution in [2.75, 3.05) is 26.0 Å². The number of carbonyl (C=O) groups excluding carboxylic acids is 3. The van der Waals surface area contributed by atoms with Gasteiger partial charge in [0.25, 0.3) is 5.91 Å². The highest BCUT2D eigenvalue weighted by Gasteiger charge is 2.16. The predicted octanol–water partition coefficient (Wildman–Crippen LogP) is 3.86. The first-order valence-electron chi connectivity index (χ1n) is 11.9. The Balaban J connectivity index is 0.000000497. The summed E-state index contributed by atoms with van der Waals surface area (Å²) in [4.78, 5) is 37.1. The molecule has 3 N–H and O–H groups in total. The van der Waals surface area contributed by atoms with Crippen molar-refractivity contribution in [2.24, 2.45) is 0 Å². The first kappa shape index (κ1) is 25.9. The Bertz CT molecular complexity index is 1190. The summed E-state index contributed by atoms with van der Waals surface area (Å²) in [5.41, 5.74) is 3.10. The third-order valence-corrected chi connectivity index (χ3v) is 6.13. The van der Waals surface area contributed by atoms with Crippen LogP contribution in [0.4, 0.5) is 5.69 Å². The smallest absolute Gasteiger partial charge is 0.251 e. The zero-order valence-corrected chi connectivity index (χ0v) is 20.9. The van der Waals surface area contributed by atoms with Gasteiger partial charge in [-0.3, -0.25) is 19.3 Å². The van der Waals surface area contributed by atoms with Crippen molar-refractivity contribution in [3.8, 4) is 0 Å². The molecule has 1 aliphatic heterocycles. The van der Waals surface area contributed by atoms with E-state index in [1.807, 2.05) is 69.2 Å². The van der Waals surface area contributed by atoms with E-state index in [-0.39, 0.29) is 23.8 Å². The topological polar surface area (TPSA) is 90.5 Å². The Hall–Kier alpha value is -3.71. The lowest BCUT2D eigenvalue weighted by Gasteiger charge is -2.19. The minimum absolute atomic E-state index is 0.110. The van der Waals surface area contributed by atoms with E-state index in [0.717, 1.165) is 41.3 Å². The first-order chi connectivity index (χ1) is 16.8. The molecule has 1 unspecified atom stereocenters. The number of amides is 3. The third kappa shape index (κ3) is 7.13. The Morgan fingerprint density at radius 2 is 1.80 bits per heavy atom. The van der Waals surface area contributed by atoms with E-state index in [2.05, 4.69) is 34.1 Å². The summed E-state index contributed by atoms with van der Waals surface area (Å²) in [6.07, 6.45) is 1.76. The third-order valence-electron chi connectivity index (χ3n) is 6.13. The molecule has 0 aromatic heterocycles. The van der Waals surface area contributed by atoms with Crippen LogP contribution < -0.4 is 16.0 Å². The van der Waals surface area contributed by atoms with Crippen LogP contribution in [0.1, 0.15) is 41.3 Å². The van der Waals surface area contributed by atoms with Gasteiger partial charge in [0.05, 0.1) is 6.04 Å². The summed E-state index contributed by atoms with van der Waals surface area (Å²) >= 11 is 0. The number of nitrogens with zero attached hydrogens (tertiary/aromatic N) is 1. The molecule has 0 bridgehead atoms. The summed E-state index contributed by atoms with van der Waals surface area (Å²) < 4.78 is 0. The molecule has 1 aliphatic rings. The van der Waals surface area contributed by atoms with Gasteiger partial charge in [-0.05, 0) is 68.4 Å². The molecule has 0 saturated carbocycles. The highest BCUT2D eigenvalue weighted by atomic mass is 16.2. The van der Waals surface area contributed by atoms with Crippen LogP contribution in [0.25, 0.3) is 10.8 Å². The average Bonchev–Trinajstić information content (AvgIpc) is 3.34. The molecule has 1 heterocycles. The second-order valence-electron chi connectivity index (χ2n) is 8.93. The molecule has 3 aromatic rings. The number of likely N-dealkylation sites (N-methyl/N-ethyl adjacent to an activating group) is 1. The van der Waals surface area contributed by atoms with Crippen LogP contribution >= 0.6 is 0 Å². The maximum Gasteiger partial charge on any atom is 0.251 e. The van der Waals surface area contributed by atoms with Crippen molar-refractivity contribution < 1.29 is 14.4 Å². The molecule has 7 heteroatoms. The molecule has 0 spiro atoms. The molecular weight excluding hydrogens is 440 g/mol. The number of rotatable bonds is 6. The first-order valence-corrected chi connectivity index (χ1v) is 11.9. The van der Waals surface area contributed by atoms with Gasteiger partial charge < -0.3 is 16.0 Å². The van der Waals surface area contributed by atoms with Crippen LogP contribution in [0.2, 0.25) is 0 Å². The van der Waals surface area contributed by atoms with Gasteiger partial charge in [0, 0.05) is 30.8 Å². The van der Waals surface area contributed by atoms with E-state index in [4.69, 9.17) is 0 Å². The number of anilines is 1. The fourth-order valence-electron chi connectivity index (χ4n) is 3.71. The van der Waals surface area contributed by atoms with Gasteiger partial charge in [-0.1, -0.05) is 48.5 Å². The van der Waals surface area contributed by atoms with E-state index >= 15 is 0 Å². The Morgan fingerprint density at radius 1 is 1.06 bits per heavy atom. The van der Waals surface area contributed by atoms with Crippen molar-refractivity contribution in [3.63, 3.8) is 0 Å². The fraction of sp³-hybridized carbons (Fsp3) is 0.321. The lowest BCUT2D eigenvalue weighted by molar-refractivity contribution is -0.120. The SMILES string of the molecule is Cc1ccc(NC(=O)C(C)N(C)C)cc1C(=O)NCc1cccc2ccccc12.O=C1CCCN1. The number of nitrogens with one attached hydrogen (secondary N) is 3. The maximum absolute atomic E-state index is 12.8. The zero-order valence-electron chi connectivity index (χ0n) is 20.9. The number of benzene rings is 3. The largest absolute Gasteiger partial charge is 0.356 e. The molecule has 1 atom stereocenters. The second kappa shape index (κ2) is 12.1. The number of hydrogen-bond acceptors (Lipinski definition) is 4. The van der Waals surface area contributed by atoms with Gasteiger partial charge in [-0.25, -0.2) is 0 Å². The molecule has 0 aliphatic carbocycles. The minimum Gasteiger partial charge on any atom is -0.356 e. The molecular formula is C28H34N4O3. The highest BCUT2D eigenvalue weighted by molar-refractivity contribution is 5.99. The summed E-state index contributed by atoms with van der Waals surface area (Å²) in [6.45, 7) is 5.05. The van der Waals surface area contributed by atoms with Crippen LogP contribution in [0.5, 0.6) is 0 Å². The molecule has 3 amide bonds. The maximum atomic E-state index is 12.8. The van der Waals surface area contributed by atoms with Crippen molar-refractivity contribution in [1.29, 1.82) is 0 Å². The summed E-state index contributed by atoms with van der Waals surface area (Å²) in [7, 11) is 3.71. The standard InChI is InChI=1S/C24H27N3O2.C4H7NO/c1-16-12-13-20(26-23(28)17(2)27(3)4)14-22(16)24(29)25-15-19-10-7-9-18-8-5-6-11-21(18)19;6-4-2-1-3-5-4/h5-14,17H,15H2,1-4H3,(H,25,29)(H,26,28);1-3H2,(H,5,6). The van der Waals surface area contributed by atoms with Crippen molar-refractivity contribution >= 4 is 34.2 Å². The number of hydrogen-bond donors (Lipinski definition) is 3. The molecule has 184 valence electrons. The van der Waals surface area contributed by atoms with Crippen LogP contribution in [-0.4, -0.2) is 49.3 Å². The lowest BCUT2D eigenvalue weighted by Crippen LogP contribution is -2.37. The zero-order chi connectivity index (χ0) is 25.4. The average molecular weight is 475 g/mol. The molecule has 3 aromatic carbocycles. The Labute approximate surface area is 206 Å². The van der Waals surface area contributed by atoms with Crippen LogP contribution in [0, 0.1) is 6.92 Å². The molecule has 35 heavy (non-hydrogen) atoms. The summed E-state index contributed by atoms with van der Waals surface area (Å²) in [6, 6.07) is 19.3. The summed E-state index contributed by atoms with van der Waals surface area (Å²) in [5.74, 6) is -0.0665. The lowest BCUT2D eigenvalue weighted by atomic mass is 10.0. The van der Waals surface area contributed by atoms with E-state index in [0.29, 0.717) is 17.8 Å². The monoisotopic (exact) mass is 474 g/mol. The quantitative estimate of drug-likeness (QED) is 0.506. The van der Waals surface area contributed by atoms with Gasteiger partial charge in [0.1, 0.15) is 0 Å². The molecule has 1 fully saturated rings. The number of aryl methyl sites for hydroxylation is 1. The molecule has 7 nitrogen and oxygen atoms in total. The minimum atomic E-state index is -0.264. The Kier molecular flexibility index (Phi) is 8.98. The predicted molar refractivity (Wildman–Crippen MR) is 140 cm³/mol. The number of carbonyl (C=O) groups is 3. The van der Waals surface area contributed by atoms with Crippen LogP contribution in [0.3, 0.4) is 0 Å². The van der Waals surface area contributed by atoms with E-state index in [9.17, 15) is 14.4 Å². The van der Waals surface area contributed by atoms with Gasteiger partial charge >= 0.3 is 0 Å². The van der Waals surface area contributed by atoms with Crippen LogP contribution in [-0.2, 0) is 16.1 Å². The molecule has 1 saturated heterocycles. The van der Waals surface area contributed by atoms with Crippen molar-refractivity contribution in [1.82, 2.24) is 15.5 Å². The van der Waals surface area contributed by atoms with E-state index in [1.54, 1.807) is 6.07 Å².